The largest absolute Gasteiger partial charge is 0.346 e. The van der Waals surface area contributed by atoms with Gasteiger partial charge in [-0.2, -0.15) is 5.10 Å². The van der Waals surface area contributed by atoms with Crippen LogP contribution in [0.1, 0.15) is 72.5 Å². The summed E-state index contributed by atoms with van der Waals surface area (Å²) in [5, 5.41) is 7.82. The van der Waals surface area contributed by atoms with E-state index in [0.29, 0.717) is 41.4 Å². The Labute approximate surface area is 241 Å². The van der Waals surface area contributed by atoms with Crippen LogP contribution in [0.5, 0.6) is 0 Å². The highest BCUT2D eigenvalue weighted by atomic mass is 35.5. The number of pyridine rings is 1. The Hall–Kier alpha value is -4.05. The van der Waals surface area contributed by atoms with Gasteiger partial charge in [0, 0.05) is 48.8 Å². The SMILES string of the molecule is C=NN(C)C(=O)/C=C(\C)c1cnc([C@@H](CC2CC2)n2cc3c(cc2=O)-c2c(ccc(Cl)c2F)CC2(CC2)NC3=O)[nH]1. The monoisotopic (exact) mass is 576 g/mol. The van der Waals surface area contributed by atoms with Crippen molar-refractivity contribution in [2.45, 2.75) is 57.0 Å². The first-order valence-electron chi connectivity index (χ1n) is 13.6. The average Bonchev–Trinajstić information content (AvgIpc) is 3.86. The number of nitrogens with zero attached hydrogens (tertiary/aromatic N) is 4. The number of nitrogens with one attached hydrogen (secondary N) is 2. The molecule has 11 heteroatoms. The van der Waals surface area contributed by atoms with Gasteiger partial charge in [0.1, 0.15) is 11.6 Å². The van der Waals surface area contributed by atoms with Crippen LogP contribution in [0.3, 0.4) is 0 Å². The van der Waals surface area contributed by atoms with E-state index in [2.05, 4.69) is 27.1 Å². The number of carbonyl (C=O) groups is 2. The molecule has 41 heavy (non-hydrogen) atoms. The number of likely N-dealkylation sites (N-methyl/N-ethyl adjacent to an activating group) is 1. The van der Waals surface area contributed by atoms with Crippen LogP contribution in [-0.2, 0) is 11.2 Å². The quantitative estimate of drug-likeness (QED) is 0.241. The third-order valence-corrected chi connectivity index (χ3v) is 8.63. The Morgan fingerprint density at radius 1 is 1.34 bits per heavy atom. The average molecular weight is 577 g/mol. The second kappa shape index (κ2) is 10.1. The van der Waals surface area contributed by atoms with Crippen molar-refractivity contribution in [3.8, 4) is 11.1 Å². The third-order valence-electron chi connectivity index (χ3n) is 8.33. The van der Waals surface area contributed by atoms with E-state index in [1.54, 1.807) is 19.2 Å². The lowest BCUT2D eigenvalue weighted by molar-refractivity contribution is -0.124. The highest BCUT2D eigenvalue weighted by molar-refractivity contribution is 6.31. The molecule has 2 saturated carbocycles. The molecule has 2 aromatic heterocycles. The molecule has 1 atom stereocenters. The molecule has 9 nitrogen and oxygen atoms in total. The predicted octanol–water partition coefficient (Wildman–Crippen LogP) is 4.72. The van der Waals surface area contributed by atoms with Gasteiger partial charge >= 0.3 is 0 Å². The molecule has 6 rings (SSSR count). The lowest BCUT2D eigenvalue weighted by atomic mass is 9.89. The number of benzene rings is 1. The summed E-state index contributed by atoms with van der Waals surface area (Å²) in [6.45, 7) is 5.13. The summed E-state index contributed by atoms with van der Waals surface area (Å²) in [6.07, 6.45) is 9.36. The predicted molar refractivity (Wildman–Crippen MR) is 154 cm³/mol. The molecule has 1 aromatic carbocycles. The first-order chi connectivity index (χ1) is 19.6. The van der Waals surface area contributed by atoms with Gasteiger partial charge in [-0.05, 0) is 55.7 Å². The van der Waals surface area contributed by atoms with E-state index in [0.717, 1.165) is 30.7 Å². The molecule has 2 amide bonds. The number of imidazole rings is 1. The first-order valence-corrected chi connectivity index (χ1v) is 14.0. The van der Waals surface area contributed by atoms with Crippen molar-refractivity contribution in [3.05, 3.63) is 80.5 Å². The van der Waals surface area contributed by atoms with Gasteiger partial charge in [-0.25, -0.2) is 14.4 Å². The maximum Gasteiger partial charge on any atom is 0.266 e. The summed E-state index contributed by atoms with van der Waals surface area (Å²) < 4.78 is 17.0. The number of allylic oxidation sites excluding steroid dienone is 1. The van der Waals surface area contributed by atoms with Gasteiger partial charge in [0.15, 0.2) is 0 Å². The van der Waals surface area contributed by atoms with Crippen molar-refractivity contribution >= 4 is 35.7 Å². The first kappa shape index (κ1) is 27.1. The number of amides is 2. The van der Waals surface area contributed by atoms with Crippen LogP contribution in [0.15, 0.2) is 46.6 Å². The number of carbonyl (C=O) groups excluding carboxylic acids is 2. The van der Waals surface area contributed by atoms with Crippen LogP contribution in [0, 0.1) is 11.7 Å². The van der Waals surface area contributed by atoms with Crippen LogP contribution in [0.2, 0.25) is 5.02 Å². The zero-order chi connectivity index (χ0) is 29.1. The topological polar surface area (TPSA) is 112 Å². The summed E-state index contributed by atoms with van der Waals surface area (Å²) in [4.78, 5) is 47.4. The van der Waals surface area contributed by atoms with Gasteiger partial charge in [-0.3, -0.25) is 14.4 Å². The number of hydrogen-bond acceptors (Lipinski definition) is 5. The number of aromatic amines is 1. The Morgan fingerprint density at radius 3 is 2.78 bits per heavy atom. The Morgan fingerprint density at radius 2 is 2.10 bits per heavy atom. The van der Waals surface area contributed by atoms with Crippen LogP contribution >= 0.6 is 11.6 Å². The van der Waals surface area contributed by atoms with Gasteiger partial charge in [0.25, 0.3) is 17.4 Å². The number of hydrogen-bond donors (Lipinski definition) is 2. The molecule has 2 fully saturated rings. The molecule has 0 bridgehead atoms. The number of H-pyrrole nitrogens is 1. The minimum absolute atomic E-state index is 0.0589. The van der Waals surface area contributed by atoms with Crippen molar-refractivity contribution < 1.29 is 14.0 Å². The van der Waals surface area contributed by atoms with Crippen molar-refractivity contribution in [1.29, 1.82) is 0 Å². The van der Waals surface area contributed by atoms with Crippen LogP contribution in [0.4, 0.5) is 4.39 Å². The highest BCUT2D eigenvalue weighted by Gasteiger charge is 2.46. The Bertz CT molecular complexity index is 1680. The van der Waals surface area contributed by atoms with Gasteiger partial charge in [-0.15, -0.1) is 0 Å². The van der Waals surface area contributed by atoms with Gasteiger partial charge in [-0.1, -0.05) is 30.5 Å². The molecule has 0 radical (unpaired) electrons. The fraction of sp³-hybridized carbons (Fsp3) is 0.367. The Kier molecular flexibility index (Phi) is 6.68. The molecule has 0 unspecified atom stereocenters. The Balaban J connectivity index is 1.45. The highest BCUT2D eigenvalue weighted by Crippen LogP contribution is 2.45. The minimum Gasteiger partial charge on any atom is -0.346 e. The van der Waals surface area contributed by atoms with Crippen molar-refractivity contribution in [3.63, 3.8) is 0 Å². The van der Waals surface area contributed by atoms with Gasteiger partial charge in [0.2, 0.25) is 0 Å². The standard InChI is InChI=1S/C30H30ClFN6O3/c1-16(10-24(39)37(3)33-2)22-14-34-28(35-22)23(11-17-4-5-17)38-15-20-19(12-25(38)40)26-18(6-7-21(31)27(26)32)13-30(8-9-30)36-29(20)41/h6-7,10,12,14-15,17,23H,2,4-5,8-9,11,13H2,1,3H3,(H,34,35)(H,36,41)/b16-10+/t23-/m1/s1. The van der Waals surface area contributed by atoms with Crippen LogP contribution in [0.25, 0.3) is 16.7 Å². The maximum atomic E-state index is 15.5. The van der Waals surface area contributed by atoms with E-state index in [9.17, 15) is 14.4 Å². The summed E-state index contributed by atoms with van der Waals surface area (Å²) in [5.74, 6) is -0.378. The van der Waals surface area contributed by atoms with Crippen molar-refractivity contribution in [2.75, 3.05) is 7.05 Å². The molecule has 2 N–H and O–H groups in total. The number of aromatic nitrogens is 3. The van der Waals surface area contributed by atoms with Crippen molar-refractivity contribution in [2.24, 2.45) is 11.0 Å². The lowest BCUT2D eigenvalue weighted by Gasteiger charge is -2.26. The van der Waals surface area contributed by atoms with Gasteiger partial charge in [0.05, 0.1) is 28.5 Å². The zero-order valence-electron chi connectivity index (χ0n) is 22.8. The summed E-state index contributed by atoms with van der Waals surface area (Å²) in [5.41, 5.74) is 1.81. The molecule has 1 aliphatic heterocycles. The summed E-state index contributed by atoms with van der Waals surface area (Å²) in [7, 11) is 1.51. The van der Waals surface area contributed by atoms with Crippen LogP contribution < -0.4 is 10.9 Å². The molecule has 212 valence electrons. The second-order valence-corrected chi connectivity index (χ2v) is 11.8. The second-order valence-electron chi connectivity index (χ2n) is 11.4. The van der Waals surface area contributed by atoms with Crippen LogP contribution in [-0.4, -0.2) is 50.7 Å². The normalized spacial score (nSPS) is 18.0. The lowest BCUT2D eigenvalue weighted by Crippen LogP contribution is -2.41. The molecule has 1 spiro atoms. The zero-order valence-corrected chi connectivity index (χ0v) is 23.6. The summed E-state index contributed by atoms with van der Waals surface area (Å²) >= 11 is 6.17. The molecule has 3 aliphatic rings. The van der Waals surface area contributed by atoms with E-state index in [-0.39, 0.29) is 39.1 Å². The molecule has 3 aromatic rings. The molecule has 3 heterocycles. The number of fused-ring (bicyclic) bond motifs is 3. The van der Waals surface area contributed by atoms with E-state index >= 15 is 4.39 Å². The van der Waals surface area contributed by atoms with E-state index < -0.39 is 17.4 Å². The fourth-order valence-electron chi connectivity index (χ4n) is 5.54. The smallest absolute Gasteiger partial charge is 0.266 e. The number of rotatable bonds is 7. The van der Waals surface area contributed by atoms with E-state index in [1.165, 1.54) is 36.0 Å². The van der Waals surface area contributed by atoms with E-state index in [4.69, 9.17) is 11.6 Å². The fourth-order valence-corrected chi connectivity index (χ4v) is 5.69. The van der Waals surface area contributed by atoms with Gasteiger partial charge < -0.3 is 14.9 Å². The van der Waals surface area contributed by atoms with Crippen molar-refractivity contribution in [1.82, 2.24) is 24.9 Å². The molecule has 2 aliphatic carbocycles. The maximum absolute atomic E-state index is 15.5. The molecular weight excluding hydrogens is 547 g/mol. The van der Waals surface area contributed by atoms with E-state index in [1.807, 2.05) is 0 Å². The third kappa shape index (κ3) is 5.12. The summed E-state index contributed by atoms with van der Waals surface area (Å²) in [6, 6.07) is 4.14. The molecular formula is C30H30ClFN6O3. The number of hydrazone groups is 1. The molecule has 0 saturated heterocycles. The minimum atomic E-state index is -0.632. The number of halogens is 2.